The van der Waals surface area contributed by atoms with Gasteiger partial charge in [0.15, 0.2) is 0 Å². The number of nitriles is 1. The summed E-state index contributed by atoms with van der Waals surface area (Å²) in [5.74, 6) is -0.378. The van der Waals surface area contributed by atoms with Gasteiger partial charge in [0.2, 0.25) is 10.0 Å². The zero-order valence-electron chi connectivity index (χ0n) is 19.9. The molecule has 1 N–H and O–H groups in total. The van der Waals surface area contributed by atoms with Gasteiger partial charge in [-0.2, -0.15) is 14.7 Å². The summed E-state index contributed by atoms with van der Waals surface area (Å²) in [6.45, 7) is -0.536. The number of rotatable bonds is 6. The minimum atomic E-state index is -3.72. The molecule has 9 nitrogen and oxygen atoms in total. The molecule has 33 heavy (non-hydrogen) atoms. The van der Waals surface area contributed by atoms with Crippen LogP contribution in [0.2, 0.25) is 5.02 Å². The molecule has 3 heterocycles. The van der Waals surface area contributed by atoms with Crippen LogP contribution in [0.3, 0.4) is 0 Å². The number of hydrogen-bond donors (Lipinski definition) is 1. The number of hydrogen-bond acceptors (Lipinski definition) is 7. The third-order valence-corrected chi connectivity index (χ3v) is 8.18. The first-order chi connectivity index (χ1) is 16.6. The van der Waals surface area contributed by atoms with Gasteiger partial charge in [-0.1, -0.05) is 11.6 Å². The second-order valence-corrected chi connectivity index (χ2v) is 10.4. The largest absolute Gasteiger partial charge is 0.382 e. The second-order valence-electron chi connectivity index (χ2n) is 8.08. The summed E-state index contributed by atoms with van der Waals surface area (Å²) in [7, 11) is -3.72. The maximum atomic E-state index is 12.9. The molecule has 0 bridgehead atoms. The first-order valence-electron chi connectivity index (χ1n) is 11.8. The first kappa shape index (κ1) is 21.1. The van der Waals surface area contributed by atoms with Crippen LogP contribution in [0.1, 0.15) is 40.0 Å². The van der Waals surface area contributed by atoms with Gasteiger partial charge in [0.05, 0.1) is 41.1 Å². The van der Waals surface area contributed by atoms with E-state index in [4.69, 9.17) is 24.3 Å². The molecule has 2 aromatic rings. The Labute approximate surface area is 200 Å². The van der Waals surface area contributed by atoms with Gasteiger partial charge in [0.25, 0.3) is 5.56 Å². The summed E-state index contributed by atoms with van der Waals surface area (Å²) >= 11 is 6.31. The molecule has 11 heteroatoms. The van der Waals surface area contributed by atoms with Crippen molar-refractivity contribution in [3.8, 4) is 6.07 Å². The summed E-state index contributed by atoms with van der Waals surface area (Å²) in [5.41, 5.74) is -0.0619. The van der Waals surface area contributed by atoms with Gasteiger partial charge < -0.3 is 10.1 Å². The lowest BCUT2D eigenvalue weighted by Crippen LogP contribution is -2.41. The lowest BCUT2D eigenvalue weighted by molar-refractivity contribution is 0.0595. The molecule has 1 atom stereocenters. The number of nitrogens with one attached hydrogen (secondary N) is 1. The van der Waals surface area contributed by atoms with E-state index in [0.717, 1.165) is 6.42 Å². The number of halogens is 1. The van der Waals surface area contributed by atoms with E-state index >= 15 is 0 Å². The Morgan fingerprint density at radius 2 is 2.00 bits per heavy atom. The monoisotopic (exact) mass is 493 g/mol. The molecule has 0 aliphatic carbocycles. The Balaban J connectivity index is 1.45. The van der Waals surface area contributed by atoms with E-state index in [0.29, 0.717) is 31.4 Å². The fourth-order valence-corrected chi connectivity index (χ4v) is 5.66. The van der Waals surface area contributed by atoms with Crippen molar-refractivity contribution >= 4 is 27.3 Å². The standard InChI is InChI=1S/C22H26ClN5O4S/c23-21-20(25-13-17-2-1-11-32-15-17)14-26-28(22(21)29)18-7-9-27(10-8-18)33(30,31)19-5-3-16(12-24)4-6-19/h3-6,14,17-18,25H,1-2,7-11,13,15H2/t17-/m1/s1/i13D2. The number of aromatic nitrogens is 2. The SMILES string of the molecule is [2H]C([2H])(Nc1cnn(C2CCN(S(=O)(=O)c3ccc(C#N)cc3)CC2)c(=O)c1Cl)[C@H]1CCCOC1. The highest BCUT2D eigenvalue weighted by molar-refractivity contribution is 7.89. The van der Waals surface area contributed by atoms with Gasteiger partial charge >= 0.3 is 0 Å². The highest BCUT2D eigenvalue weighted by Crippen LogP contribution is 2.27. The summed E-state index contributed by atoms with van der Waals surface area (Å²) in [6.07, 6.45) is 3.49. The molecule has 2 fully saturated rings. The smallest absolute Gasteiger partial charge is 0.287 e. The molecule has 2 aliphatic heterocycles. The number of piperidine rings is 1. The molecule has 0 saturated carbocycles. The van der Waals surface area contributed by atoms with E-state index in [1.807, 2.05) is 6.07 Å². The zero-order chi connectivity index (χ0) is 25.2. The molecular weight excluding hydrogens is 466 g/mol. The van der Waals surface area contributed by atoms with E-state index in [1.54, 1.807) is 0 Å². The van der Waals surface area contributed by atoms with Crippen molar-refractivity contribution in [1.82, 2.24) is 14.1 Å². The lowest BCUT2D eigenvalue weighted by Gasteiger charge is -2.31. The molecular formula is C22H26ClN5O4S. The second kappa shape index (κ2) is 10.2. The Bertz CT molecular complexity index is 1270. The van der Waals surface area contributed by atoms with Crippen molar-refractivity contribution in [2.45, 2.75) is 36.6 Å². The molecule has 2 aliphatic rings. The molecule has 176 valence electrons. The fourth-order valence-electron chi connectivity index (χ4n) is 4.00. The highest BCUT2D eigenvalue weighted by Gasteiger charge is 2.31. The van der Waals surface area contributed by atoms with E-state index in [9.17, 15) is 13.2 Å². The topological polar surface area (TPSA) is 117 Å². The van der Waals surface area contributed by atoms with Crippen molar-refractivity contribution in [3.63, 3.8) is 0 Å². The van der Waals surface area contributed by atoms with Crippen LogP contribution in [0, 0.1) is 17.2 Å². The Morgan fingerprint density at radius 1 is 1.27 bits per heavy atom. The Kier molecular flexibility index (Phi) is 6.54. The van der Waals surface area contributed by atoms with Crippen molar-refractivity contribution in [3.05, 3.63) is 51.4 Å². The predicted molar refractivity (Wildman–Crippen MR) is 124 cm³/mol. The van der Waals surface area contributed by atoms with Crippen molar-refractivity contribution in [1.29, 1.82) is 5.26 Å². The average molecular weight is 494 g/mol. The molecule has 0 radical (unpaired) electrons. The third-order valence-electron chi connectivity index (χ3n) is 5.91. The summed E-state index contributed by atoms with van der Waals surface area (Å²) < 4.78 is 50.6. The van der Waals surface area contributed by atoms with Crippen molar-refractivity contribution in [2.24, 2.45) is 5.92 Å². The molecule has 4 rings (SSSR count). The van der Waals surface area contributed by atoms with E-state index in [1.165, 1.54) is 39.4 Å². The quantitative estimate of drug-likeness (QED) is 0.657. The number of anilines is 1. The molecule has 1 aromatic heterocycles. The van der Waals surface area contributed by atoms with Crippen LogP contribution in [0.15, 0.2) is 40.2 Å². The van der Waals surface area contributed by atoms with Crippen molar-refractivity contribution < 1.29 is 15.9 Å². The molecule has 1 aromatic carbocycles. The van der Waals surface area contributed by atoms with Gasteiger partial charge in [0.1, 0.15) is 5.02 Å². The van der Waals surface area contributed by atoms with E-state index < -0.39 is 22.1 Å². The third kappa shape index (κ3) is 5.22. The summed E-state index contributed by atoms with van der Waals surface area (Å²) in [4.78, 5) is 13.0. The number of nitrogens with zero attached hydrogens (tertiary/aromatic N) is 4. The average Bonchev–Trinajstić information content (AvgIpc) is 2.87. The van der Waals surface area contributed by atoms with Crippen LogP contribution < -0.4 is 10.9 Å². The van der Waals surface area contributed by atoms with Crippen LogP contribution in [-0.2, 0) is 14.8 Å². The van der Waals surface area contributed by atoms with Crippen LogP contribution in [0.25, 0.3) is 0 Å². The minimum Gasteiger partial charge on any atom is -0.382 e. The number of sulfonamides is 1. The van der Waals surface area contributed by atoms with E-state index in [2.05, 4.69) is 10.4 Å². The van der Waals surface area contributed by atoms with Crippen molar-refractivity contribution in [2.75, 3.05) is 38.1 Å². The number of ether oxygens (including phenoxy) is 1. The van der Waals surface area contributed by atoms with Gasteiger partial charge in [0, 0.05) is 28.9 Å². The van der Waals surface area contributed by atoms with Gasteiger partial charge in [-0.25, -0.2) is 13.1 Å². The minimum absolute atomic E-state index is 0.112. The fraction of sp³-hybridized carbons (Fsp3) is 0.500. The molecule has 0 amide bonds. The van der Waals surface area contributed by atoms with Gasteiger partial charge in [-0.05, 0) is 55.9 Å². The van der Waals surface area contributed by atoms with Gasteiger partial charge in [-0.3, -0.25) is 4.79 Å². The normalized spacial score (nSPS) is 21.6. The number of benzene rings is 1. The zero-order valence-corrected chi connectivity index (χ0v) is 19.5. The molecule has 2 saturated heterocycles. The summed E-state index contributed by atoms with van der Waals surface area (Å²) in [6, 6.07) is 7.37. The Morgan fingerprint density at radius 3 is 2.64 bits per heavy atom. The van der Waals surface area contributed by atoms with Crippen LogP contribution >= 0.6 is 11.6 Å². The maximum absolute atomic E-state index is 12.9. The highest BCUT2D eigenvalue weighted by atomic mass is 35.5. The van der Waals surface area contributed by atoms with Crippen LogP contribution in [-0.4, -0.2) is 55.3 Å². The predicted octanol–water partition coefficient (Wildman–Crippen LogP) is 2.63. The molecule has 0 spiro atoms. The maximum Gasteiger partial charge on any atom is 0.287 e. The van der Waals surface area contributed by atoms with Crippen LogP contribution in [0.5, 0.6) is 0 Å². The lowest BCUT2D eigenvalue weighted by atomic mass is 10.0. The van der Waals surface area contributed by atoms with Crippen LogP contribution in [0.4, 0.5) is 5.69 Å². The van der Waals surface area contributed by atoms with Gasteiger partial charge in [-0.15, -0.1) is 0 Å². The molecule has 0 unspecified atom stereocenters. The first-order valence-corrected chi connectivity index (χ1v) is 12.6. The summed E-state index contributed by atoms with van der Waals surface area (Å²) in [5, 5.41) is 15.7. The van der Waals surface area contributed by atoms with E-state index in [-0.39, 0.29) is 47.3 Å². The Hall–Kier alpha value is -2.45.